The fourth-order valence-corrected chi connectivity index (χ4v) is 3.63. The molecule has 1 N–H and O–H groups in total. The molecule has 0 spiro atoms. The van der Waals surface area contributed by atoms with Crippen LogP contribution in [0.4, 0.5) is 0 Å². The molecule has 1 heterocycles. The molecule has 2 aromatic rings. The average Bonchev–Trinajstić information content (AvgIpc) is 2.85. The van der Waals surface area contributed by atoms with Crippen LogP contribution in [0.3, 0.4) is 0 Å². The van der Waals surface area contributed by atoms with Gasteiger partial charge in [-0.2, -0.15) is 0 Å². The second-order valence-corrected chi connectivity index (χ2v) is 6.86. The summed E-state index contributed by atoms with van der Waals surface area (Å²) >= 11 is 3.50. The molecule has 1 aliphatic rings. The van der Waals surface area contributed by atoms with Crippen molar-refractivity contribution in [2.24, 2.45) is 0 Å². The summed E-state index contributed by atoms with van der Waals surface area (Å²) in [7, 11) is 0. The molecule has 2 amide bonds. The quantitative estimate of drug-likeness (QED) is 0.822. The molecule has 0 aliphatic carbocycles. The van der Waals surface area contributed by atoms with E-state index in [1.165, 1.54) is 0 Å². The number of nitrogens with one attached hydrogen (secondary N) is 1. The molecule has 0 fully saturated rings. The lowest BCUT2D eigenvalue weighted by Gasteiger charge is -2.19. The van der Waals surface area contributed by atoms with Gasteiger partial charge in [0.15, 0.2) is 0 Å². The minimum absolute atomic E-state index is 0.0905. The Balaban J connectivity index is 1.59. The Morgan fingerprint density at radius 2 is 1.80 bits per heavy atom. The smallest absolute Gasteiger partial charge is 0.258 e. The molecule has 1 aliphatic heterocycles. The summed E-state index contributed by atoms with van der Waals surface area (Å²) in [5.41, 5.74) is 3.17. The van der Waals surface area contributed by atoms with Crippen LogP contribution < -0.4 is 5.32 Å². The molecule has 0 aromatic heterocycles. The Kier molecular flexibility index (Phi) is 5.04. The number of carbonyl (C=O) groups is 2. The van der Waals surface area contributed by atoms with Crippen LogP contribution in [0.1, 0.15) is 40.9 Å². The number of halogens is 1. The molecule has 0 saturated carbocycles. The third kappa shape index (κ3) is 3.51. The van der Waals surface area contributed by atoms with Crippen LogP contribution in [0, 0.1) is 0 Å². The Hall–Kier alpha value is -2.40. The van der Waals surface area contributed by atoms with E-state index in [-0.39, 0.29) is 24.3 Å². The van der Waals surface area contributed by atoms with Gasteiger partial charge in [-0.15, -0.1) is 0 Å². The van der Waals surface area contributed by atoms with E-state index in [9.17, 15) is 9.59 Å². The Morgan fingerprint density at radius 3 is 2.48 bits per heavy atom. The normalized spacial score (nSPS) is 14.4. The summed E-state index contributed by atoms with van der Waals surface area (Å²) < 4.78 is 0.960. The van der Waals surface area contributed by atoms with E-state index in [1.807, 2.05) is 49.4 Å². The number of benzene rings is 2. The number of hydrogen-bond acceptors (Lipinski definition) is 2. The van der Waals surface area contributed by atoms with Gasteiger partial charge >= 0.3 is 0 Å². The molecule has 0 bridgehead atoms. The van der Waals surface area contributed by atoms with Crippen molar-refractivity contribution in [3.63, 3.8) is 0 Å². The molecule has 0 radical (unpaired) electrons. The lowest BCUT2D eigenvalue weighted by atomic mass is 10.1. The van der Waals surface area contributed by atoms with Crippen molar-refractivity contribution < 1.29 is 9.59 Å². The SMILES string of the molecule is C=C1c2ccccc2C(=O)N1CCC(=O)NC(C)c1ccccc1Br. The fourth-order valence-electron chi connectivity index (χ4n) is 3.00. The van der Waals surface area contributed by atoms with Crippen molar-refractivity contribution >= 4 is 33.4 Å². The summed E-state index contributed by atoms with van der Waals surface area (Å²) in [5.74, 6) is -0.188. The van der Waals surface area contributed by atoms with Crippen molar-refractivity contribution in [1.82, 2.24) is 10.2 Å². The third-order valence-electron chi connectivity index (χ3n) is 4.35. The van der Waals surface area contributed by atoms with Crippen molar-refractivity contribution in [1.29, 1.82) is 0 Å². The summed E-state index contributed by atoms with van der Waals surface area (Å²) in [4.78, 5) is 26.3. The summed E-state index contributed by atoms with van der Waals surface area (Å²) in [6, 6.07) is 15.1. The van der Waals surface area contributed by atoms with Crippen LogP contribution in [-0.4, -0.2) is 23.3 Å². The first kappa shape index (κ1) is 17.4. The number of rotatable bonds is 5. The molecular formula is C20H19BrN2O2. The maximum absolute atomic E-state index is 12.4. The van der Waals surface area contributed by atoms with E-state index in [0.29, 0.717) is 17.8 Å². The maximum Gasteiger partial charge on any atom is 0.258 e. The molecule has 2 aromatic carbocycles. The molecular weight excluding hydrogens is 380 g/mol. The van der Waals surface area contributed by atoms with Gasteiger partial charge in [0.05, 0.1) is 6.04 Å². The van der Waals surface area contributed by atoms with E-state index < -0.39 is 0 Å². The van der Waals surface area contributed by atoms with E-state index in [0.717, 1.165) is 15.6 Å². The van der Waals surface area contributed by atoms with Gasteiger partial charge in [-0.05, 0) is 24.6 Å². The second-order valence-electron chi connectivity index (χ2n) is 6.01. The molecule has 25 heavy (non-hydrogen) atoms. The third-order valence-corrected chi connectivity index (χ3v) is 5.07. The molecule has 128 valence electrons. The summed E-state index contributed by atoms with van der Waals surface area (Å²) in [6.07, 6.45) is 0.230. The predicted octanol–water partition coefficient (Wildman–Crippen LogP) is 4.14. The van der Waals surface area contributed by atoms with Gasteiger partial charge in [-0.25, -0.2) is 0 Å². The van der Waals surface area contributed by atoms with Crippen LogP contribution >= 0.6 is 15.9 Å². The summed E-state index contributed by atoms with van der Waals surface area (Å²) in [6.45, 7) is 6.25. The van der Waals surface area contributed by atoms with E-state index in [1.54, 1.807) is 11.0 Å². The van der Waals surface area contributed by atoms with Crippen molar-refractivity contribution in [2.75, 3.05) is 6.54 Å². The van der Waals surface area contributed by atoms with E-state index in [2.05, 4.69) is 27.8 Å². The van der Waals surface area contributed by atoms with E-state index in [4.69, 9.17) is 0 Å². The van der Waals surface area contributed by atoms with Crippen LogP contribution in [-0.2, 0) is 4.79 Å². The molecule has 1 unspecified atom stereocenters. The topological polar surface area (TPSA) is 49.4 Å². The zero-order chi connectivity index (χ0) is 18.0. The Bertz CT molecular complexity index is 812. The monoisotopic (exact) mass is 398 g/mol. The average molecular weight is 399 g/mol. The zero-order valence-corrected chi connectivity index (χ0v) is 15.5. The first-order chi connectivity index (χ1) is 12.0. The minimum atomic E-state index is -0.113. The van der Waals surface area contributed by atoms with Crippen LogP contribution in [0.15, 0.2) is 59.6 Å². The lowest BCUT2D eigenvalue weighted by Crippen LogP contribution is -2.32. The highest BCUT2D eigenvalue weighted by Gasteiger charge is 2.30. The highest BCUT2D eigenvalue weighted by atomic mass is 79.9. The largest absolute Gasteiger partial charge is 0.349 e. The first-order valence-corrected chi connectivity index (χ1v) is 8.92. The highest BCUT2D eigenvalue weighted by molar-refractivity contribution is 9.10. The lowest BCUT2D eigenvalue weighted by molar-refractivity contribution is -0.121. The molecule has 5 heteroatoms. The van der Waals surface area contributed by atoms with Gasteiger partial charge in [0.25, 0.3) is 5.91 Å². The predicted molar refractivity (Wildman–Crippen MR) is 102 cm³/mol. The van der Waals surface area contributed by atoms with Crippen LogP contribution in [0.2, 0.25) is 0 Å². The molecule has 4 nitrogen and oxygen atoms in total. The number of nitrogens with zero attached hydrogens (tertiary/aromatic N) is 1. The molecule has 1 atom stereocenters. The zero-order valence-electron chi connectivity index (χ0n) is 14.0. The number of hydrogen-bond donors (Lipinski definition) is 1. The molecule has 3 rings (SSSR count). The first-order valence-electron chi connectivity index (χ1n) is 8.13. The maximum atomic E-state index is 12.4. The Labute approximate surface area is 155 Å². The van der Waals surface area contributed by atoms with Gasteiger partial charge < -0.3 is 10.2 Å². The van der Waals surface area contributed by atoms with Crippen molar-refractivity contribution in [3.8, 4) is 0 Å². The van der Waals surface area contributed by atoms with Crippen LogP contribution in [0.25, 0.3) is 5.70 Å². The van der Waals surface area contributed by atoms with Crippen molar-refractivity contribution in [3.05, 3.63) is 76.3 Å². The van der Waals surface area contributed by atoms with Gasteiger partial charge in [0.2, 0.25) is 5.91 Å². The van der Waals surface area contributed by atoms with Gasteiger partial charge in [0, 0.05) is 34.3 Å². The standard InChI is InChI=1S/C20H19BrN2O2/c1-13(15-7-5-6-10-18(15)21)22-19(24)11-12-23-14(2)16-8-3-4-9-17(16)20(23)25/h3-10,13H,2,11-12H2,1H3,(H,22,24). The highest BCUT2D eigenvalue weighted by Crippen LogP contribution is 2.31. The fraction of sp³-hybridized carbons (Fsp3) is 0.200. The summed E-state index contributed by atoms with van der Waals surface area (Å²) in [5, 5.41) is 2.98. The number of fused-ring (bicyclic) bond motifs is 1. The second kappa shape index (κ2) is 7.23. The minimum Gasteiger partial charge on any atom is -0.349 e. The number of amides is 2. The van der Waals surface area contributed by atoms with Gasteiger partial charge in [0.1, 0.15) is 0 Å². The Morgan fingerprint density at radius 1 is 1.16 bits per heavy atom. The molecule has 0 saturated heterocycles. The number of carbonyl (C=O) groups excluding carboxylic acids is 2. The van der Waals surface area contributed by atoms with Crippen LogP contribution in [0.5, 0.6) is 0 Å². The van der Waals surface area contributed by atoms with E-state index >= 15 is 0 Å². The van der Waals surface area contributed by atoms with Crippen molar-refractivity contribution in [2.45, 2.75) is 19.4 Å². The van der Waals surface area contributed by atoms with Gasteiger partial charge in [-0.1, -0.05) is 58.9 Å². The van der Waals surface area contributed by atoms with Gasteiger partial charge in [-0.3, -0.25) is 9.59 Å².